The Balaban J connectivity index is 1.93. The van der Waals surface area contributed by atoms with Gasteiger partial charge in [-0.3, -0.25) is 13.9 Å². The molecule has 3 aromatic rings. The quantitative estimate of drug-likeness (QED) is 0.270. The Morgan fingerprint density at radius 1 is 0.952 bits per heavy atom. The topological polar surface area (TPSA) is 86.8 Å². The fourth-order valence-electron chi connectivity index (χ4n) is 4.79. The van der Waals surface area contributed by atoms with Crippen LogP contribution >= 0.6 is 11.6 Å². The van der Waals surface area contributed by atoms with Crippen LogP contribution in [0.1, 0.15) is 55.9 Å². The molecular weight excluding hydrogens is 570 g/mol. The first-order valence-corrected chi connectivity index (χ1v) is 16.3. The minimum atomic E-state index is -3.59. The molecule has 42 heavy (non-hydrogen) atoms. The van der Waals surface area contributed by atoms with E-state index in [2.05, 4.69) is 5.32 Å². The van der Waals surface area contributed by atoms with Crippen molar-refractivity contribution in [2.24, 2.45) is 0 Å². The highest BCUT2D eigenvalue weighted by atomic mass is 35.5. The first-order chi connectivity index (χ1) is 19.7. The van der Waals surface area contributed by atoms with E-state index in [-0.39, 0.29) is 37.7 Å². The molecule has 0 aromatic heterocycles. The number of nitrogens with zero attached hydrogens (tertiary/aromatic N) is 2. The van der Waals surface area contributed by atoms with E-state index in [0.29, 0.717) is 17.1 Å². The van der Waals surface area contributed by atoms with Crippen LogP contribution in [0.4, 0.5) is 5.69 Å². The summed E-state index contributed by atoms with van der Waals surface area (Å²) in [6.07, 6.45) is 1.82. The maximum atomic E-state index is 14.0. The third-order valence-electron chi connectivity index (χ3n) is 6.85. The highest BCUT2D eigenvalue weighted by molar-refractivity contribution is 7.92. The summed E-state index contributed by atoms with van der Waals surface area (Å²) in [6, 6.07) is 21.7. The zero-order valence-corrected chi connectivity index (χ0v) is 26.9. The molecule has 1 unspecified atom stereocenters. The van der Waals surface area contributed by atoms with E-state index >= 15 is 0 Å². The van der Waals surface area contributed by atoms with Crippen molar-refractivity contribution in [1.29, 1.82) is 0 Å². The maximum absolute atomic E-state index is 14.0. The fraction of sp³-hybridized carbons (Fsp3) is 0.394. The van der Waals surface area contributed by atoms with E-state index in [1.807, 2.05) is 101 Å². The molecule has 0 heterocycles. The first-order valence-electron chi connectivity index (χ1n) is 14.1. The molecule has 0 bridgehead atoms. The second kappa shape index (κ2) is 14.2. The van der Waals surface area contributed by atoms with Crippen molar-refractivity contribution < 1.29 is 18.0 Å². The summed E-state index contributed by atoms with van der Waals surface area (Å²) in [7, 11) is -3.59. The summed E-state index contributed by atoms with van der Waals surface area (Å²) in [4.78, 5) is 29.3. The Bertz CT molecular complexity index is 1490. The number of carbonyl (C=O) groups excluding carboxylic acids is 2. The number of benzene rings is 3. The van der Waals surface area contributed by atoms with Crippen molar-refractivity contribution in [1.82, 2.24) is 10.2 Å². The Hall–Kier alpha value is -3.36. The molecule has 0 aliphatic carbocycles. The van der Waals surface area contributed by atoms with Crippen LogP contribution in [0.2, 0.25) is 5.02 Å². The summed E-state index contributed by atoms with van der Waals surface area (Å²) < 4.78 is 26.9. The van der Waals surface area contributed by atoms with Crippen molar-refractivity contribution in [2.45, 2.75) is 72.0 Å². The number of rotatable bonds is 12. The summed E-state index contributed by atoms with van der Waals surface area (Å²) >= 11 is 6.50. The third kappa shape index (κ3) is 9.60. The van der Waals surface area contributed by atoms with Crippen LogP contribution in [-0.4, -0.2) is 49.5 Å². The van der Waals surface area contributed by atoms with E-state index in [1.165, 1.54) is 10.6 Å². The lowest BCUT2D eigenvalue weighted by Crippen LogP contribution is -2.54. The summed E-state index contributed by atoms with van der Waals surface area (Å²) in [5.74, 6) is -0.519. The molecule has 1 N–H and O–H groups in total. The summed E-state index contributed by atoms with van der Waals surface area (Å²) in [5, 5.41) is 3.55. The number of amides is 2. The van der Waals surface area contributed by atoms with E-state index in [9.17, 15) is 18.0 Å². The minimum Gasteiger partial charge on any atom is -0.350 e. The summed E-state index contributed by atoms with van der Waals surface area (Å²) in [6.45, 7) is 9.75. The molecule has 3 rings (SSSR count). The van der Waals surface area contributed by atoms with Crippen LogP contribution < -0.4 is 9.62 Å². The number of hydrogen-bond acceptors (Lipinski definition) is 4. The normalized spacial score (nSPS) is 12.5. The Morgan fingerprint density at radius 3 is 2.21 bits per heavy atom. The molecule has 9 heteroatoms. The largest absolute Gasteiger partial charge is 0.350 e. The predicted molar refractivity (Wildman–Crippen MR) is 171 cm³/mol. The van der Waals surface area contributed by atoms with Gasteiger partial charge in [0.1, 0.15) is 6.04 Å². The van der Waals surface area contributed by atoms with Gasteiger partial charge in [0.2, 0.25) is 21.8 Å². The number of nitrogens with one attached hydrogen (secondary N) is 1. The number of sulfonamides is 1. The second-order valence-corrected chi connectivity index (χ2v) is 14.1. The fourth-order valence-corrected chi connectivity index (χ4v) is 6.00. The molecular formula is C33H42ClN3O4S. The van der Waals surface area contributed by atoms with Gasteiger partial charge in [0.15, 0.2) is 0 Å². The van der Waals surface area contributed by atoms with Gasteiger partial charge in [-0.2, -0.15) is 0 Å². The van der Waals surface area contributed by atoms with Crippen molar-refractivity contribution in [3.8, 4) is 0 Å². The summed E-state index contributed by atoms with van der Waals surface area (Å²) in [5.41, 5.74) is 3.51. The van der Waals surface area contributed by atoms with Crippen molar-refractivity contribution in [3.63, 3.8) is 0 Å². The van der Waals surface area contributed by atoms with Crippen LogP contribution in [-0.2, 0) is 32.6 Å². The lowest BCUT2D eigenvalue weighted by Gasteiger charge is -2.34. The molecule has 0 aliphatic rings. The lowest BCUT2D eigenvalue weighted by molar-refractivity contribution is -0.142. The van der Waals surface area contributed by atoms with Gasteiger partial charge < -0.3 is 10.2 Å². The zero-order chi connectivity index (χ0) is 31.1. The SMILES string of the molecule is Cc1ccc(C)c(N(CCCC(=O)N(Cc2ccccc2Cl)C(Cc2ccccc2)C(=O)NC(C)(C)C)S(C)(=O)=O)c1. The van der Waals surface area contributed by atoms with E-state index < -0.39 is 21.6 Å². The predicted octanol–water partition coefficient (Wildman–Crippen LogP) is 6.06. The van der Waals surface area contributed by atoms with Crippen molar-refractivity contribution >= 4 is 39.1 Å². The first kappa shape index (κ1) is 33.1. The van der Waals surface area contributed by atoms with Gasteiger partial charge in [0.25, 0.3) is 0 Å². The van der Waals surface area contributed by atoms with Crippen LogP contribution in [0.5, 0.6) is 0 Å². The van der Waals surface area contributed by atoms with Crippen molar-refractivity contribution in [3.05, 3.63) is 100 Å². The Morgan fingerprint density at radius 2 is 1.60 bits per heavy atom. The molecule has 7 nitrogen and oxygen atoms in total. The van der Waals surface area contributed by atoms with Crippen LogP contribution in [0.15, 0.2) is 72.8 Å². The standard InChI is InChI=1S/C33H42ClN3O4S/c1-24-18-19-25(2)29(21-24)37(42(6,40)41)20-12-17-31(38)36(23-27-15-10-11-16-28(27)34)30(32(39)35-33(3,4)5)22-26-13-8-7-9-14-26/h7-11,13-16,18-19,21,30H,12,17,20,22-23H2,1-6H3,(H,35,39). The average Bonchev–Trinajstić information content (AvgIpc) is 2.90. The monoisotopic (exact) mass is 611 g/mol. The molecule has 0 fully saturated rings. The number of carbonyl (C=O) groups is 2. The molecule has 3 aromatic carbocycles. The van der Waals surface area contributed by atoms with Crippen LogP contribution in [0.3, 0.4) is 0 Å². The number of anilines is 1. The van der Waals surface area contributed by atoms with Crippen LogP contribution in [0.25, 0.3) is 0 Å². The number of halogens is 1. The molecule has 226 valence electrons. The minimum absolute atomic E-state index is 0.0510. The highest BCUT2D eigenvalue weighted by Gasteiger charge is 2.32. The third-order valence-corrected chi connectivity index (χ3v) is 8.40. The van der Waals surface area contributed by atoms with E-state index in [0.717, 1.165) is 22.3 Å². The zero-order valence-electron chi connectivity index (χ0n) is 25.4. The van der Waals surface area contributed by atoms with Gasteiger partial charge in [0.05, 0.1) is 11.9 Å². The van der Waals surface area contributed by atoms with Gasteiger partial charge in [-0.05, 0) is 75.4 Å². The van der Waals surface area contributed by atoms with E-state index in [4.69, 9.17) is 11.6 Å². The molecule has 0 saturated carbocycles. The van der Waals surface area contributed by atoms with Crippen molar-refractivity contribution in [2.75, 3.05) is 17.1 Å². The lowest BCUT2D eigenvalue weighted by atomic mass is 10.00. The Labute approximate surface area is 255 Å². The van der Waals surface area contributed by atoms with Gasteiger partial charge in [-0.25, -0.2) is 8.42 Å². The molecule has 0 spiro atoms. The molecule has 0 radical (unpaired) electrons. The highest BCUT2D eigenvalue weighted by Crippen LogP contribution is 2.26. The smallest absolute Gasteiger partial charge is 0.243 e. The number of hydrogen-bond donors (Lipinski definition) is 1. The molecule has 0 aliphatic heterocycles. The van der Waals surface area contributed by atoms with Gasteiger partial charge in [-0.1, -0.05) is 72.3 Å². The maximum Gasteiger partial charge on any atom is 0.243 e. The second-order valence-electron chi connectivity index (χ2n) is 11.8. The van der Waals surface area contributed by atoms with Gasteiger partial charge >= 0.3 is 0 Å². The Kier molecular flexibility index (Phi) is 11.2. The number of aryl methyl sites for hydroxylation is 2. The van der Waals surface area contributed by atoms with Gasteiger partial charge in [-0.15, -0.1) is 0 Å². The van der Waals surface area contributed by atoms with Crippen LogP contribution in [0, 0.1) is 13.8 Å². The molecule has 2 amide bonds. The van der Waals surface area contributed by atoms with Gasteiger partial charge in [0, 0.05) is 36.5 Å². The van der Waals surface area contributed by atoms with E-state index in [1.54, 1.807) is 11.0 Å². The molecule has 0 saturated heterocycles. The molecule has 1 atom stereocenters. The average molecular weight is 612 g/mol.